The maximum absolute atomic E-state index is 13.3. The zero-order valence-corrected chi connectivity index (χ0v) is 52.3. The van der Waals surface area contributed by atoms with Crippen molar-refractivity contribution in [3.05, 3.63) is 0 Å². The van der Waals surface area contributed by atoms with Crippen molar-refractivity contribution in [2.45, 2.75) is 402 Å². The van der Waals surface area contributed by atoms with Crippen LogP contribution in [0, 0.1) is 0 Å². The highest BCUT2D eigenvalue weighted by molar-refractivity contribution is 5.76. The van der Waals surface area contributed by atoms with E-state index in [0.29, 0.717) is 12.8 Å². The third-order valence-corrected chi connectivity index (χ3v) is 17.6. The lowest BCUT2D eigenvalue weighted by Crippen LogP contribution is -2.65. The highest BCUT2D eigenvalue weighted by Gasteiger charge is 2.51. The summed E-state index contributed by atoms with van der Waals surface area (Å²) in [5.74, 6) is -0.198. The molecule has 0 bridgehead atoms. The summed E-state index contributed by atoms with van der Waals surface area (Å²) in [5, 5.41) is 87.4. The summed E-state index contributed by atoms with van der Waals surface area (Å²) in [6, 6.07) is -0.823. The van der Waals surface area contributed by atoms with Crippen LogP contribution >= 0.6 is 0 Å². The number of hydrogen-bond acceptors (Lipinski definition) is 13. The number of nitrogens with one attached hydrogen (secondary N) is 1. The second-order valence-corrected chi connectivity index (χ2v) is 25.0. The van der Waals surface area contributed by atoms with Gasteiger partial charge < -0.3 is 65.1 Å². The largest absolute Gasteiger partial charge is 0.394 e. The molecule has 2 saturated heterocycles. The first-order chi connectivity index (χ1) is 39.6. The molecule has 0 aliphatic carbocycles. The van der Waals surface area contributed by atoms with Crippen molar-refractivity contribution in [3.63, 3.8) is 0 Å². The average molecular weight is 1160 g/mol. The Labute approximate surface area is 495 Å². The van der Waals surface area contributed by atoms with E-state index in [4.69, 9.17) is 18.9 Å². The lowest BCUT2D eigenvalue weighted by Gasteiger charge is -2.46. The number of rotatable bonds is 58. The van der Waals surface area contributed by atoms with E-state index in [-0.39, 0.29) is 12.5 Å². The van der Waals surface area contributed by atoms with Gasteiger partial charge in [-0.15, -0.1) is 0 Å². The van der Waals surface area contributed by atoms with Gasteiger partial charge in [0.2, 0.25) is 5.91 Å². The molecular formula is C67H131NO13. The summed E-state index contributed by atoms with van der Waals surface area (Å²) >= 11 is 0. The van der Waals surface area contributed by atoms with Crippen molar-refractivity contribution in [3.8, 4) is 0 Å². The summed E-state index contributed by atoms with van der Waals surface area (Å²) in [6.45, 7) is 2.91. The second-order valence-electron chi connectivity index (χ2n) is 25.0. The van der Waals surface area contributed by atoms with E-state index in [1.807, 2.05) is 0 Å². The Morgan fingerprint density at radius 1 is 0.395 bits per heavy atom. The molecule has 0 saturated carbocycles. The molecule has 14 nitrogen and oxygen atoms in total. The van der Waals surface area contributed by atoms with E-state index in [1.165, 1.54) is 250 Å². The number of hydrogen-bond donors (Lipinski definition) is 9. The number of unbranched alkanes of at least 4 members (excludes halogenated alkanes) is 45. The maximum atomic E-state index is 13.3. The van der Waals surface area contributed by atoms with Gasteiger partial charge in [0.05, 0.1) is 32.0 Å². The van der Waals surface area contributed by atoms with Crippen molar-refractivity contribution in [2.24, 2.45) is 0 Å². The molecule has 2 heterocycles. The minimum atomic E-state index is -1.78. The SMILES string of the molecule is CCCCCCCCCCCCCCCCCCCCCCCCCCCCCCCCCCC(=O)N[C@@H](CO[C@@H]1O[C@H](CO)[C@@H](O[C@@H]2O[C@H](CO)[C@H](O)C(O)C2O)C(O)C1O)[C@H](O)CCCCCCCCCCCCCCCCC. The van der Waals surface area contributed by atoms with Gasteiger partial charge in [0.15, 0.2) is 12.6 Å². The van der Waals surface area contributed by atoms with Crippen molar-refractivity contribution in [1.82, 2.24) is 5.32 Å². The first-order valence-corrected chi connectivity index (χ1v) is 34.8. The van der Waals surface area contributed by atoms with Crippen LogP contribution in [0.15, 0.2) is 0 Å². The Kier molecular flexibility index (Phi) is 50.0. The van der Waals surface area contributed by atoms with Crippen LogP contribution < -0.4 is 5.32 Å². The lowest BCUT2D eigenvalue weighted by atomic mass is 9.97. The number of amides is 1. The van der Waals surface area contributed by atoms with Crippen LogP contribution in [0.5, 0.6) is 0 Å². The molecule has 0 aromatic heterocycles. The topological polar surface area (TPSA) is 228 Å². The van der Waals surface area contributed by atoms with Gasteiger partial charge in [-0.2, -0.15) is 0 Å². The molecule has 9 N–H and O–H groups in total. The van der Waals surface area contributed by atoms with Crippen molar-refractivity contribution < 1.29 is 64.6 Å². The first-order valence-electron chi connectivity index (χ1n) is 34.8. The molecule has 482 valence electrons. The van der Waals surface area contributed by atoms with Crippen LogP contribution in [0.4, 0.5) is 0 Å². The average Bonchev–Trinajstić information content (AvgIpc) is 3.63. The molecular weight excluding hydrogens is 1030 g/mol. The number of aliphatic hydroxyl groups is 8. The van der Waals surface area contributed by atoms with Crippen molar-refractivity contribution in [2.75, 3.05) is 19.8 Å². The minimum Gasteiger partial charge on any atom is -0.394 e. The Morgan fingerprint density at radius 3 is 1.05 bits per heavy atom. The highest BCUT2D eigenvalue weighted by atomic mass is 16.7. The van der Waals surface area contributed by atoms with Crippen LogP contribution in [-0.2, 0) is 23.7 Å². The number of aliphatic hydroxyl groups excluding tert-OH is 8. The minimum absolute atomic E-state index is 0.198. The Hall–Kier alpha value is -1.01. The fraction of sp³-hybridized carbons (Fsp3) is 0.985. The summed E-state index contributed by atoms with van der Waals surface area (Å²) in [7, 11) is 0. The third kappa shape index (κ3) is 38.0. The Balaban J connectivity index is 1.61. The summed E-state index contributed by atoms with van der Waals surface area (Å²) < 4.78 is 22.9. The molecule has 2 fully saturated rings. The van der Waals surface area contributed by atoms with E-state index in [0.717, 1.165) is 51.4 Å². The zero-order valence-electron chi connectivity index (χ0n) is 52.3. The van der Waals surface area contributed by atoms with E-state index >= 15 is 0 Å². The van der Waals surface area contributed by atoms with Gasteiger partial charge in [0, 0.05) is 6.42 Å². The molecule has 81 heavy (non-hydrogen) atoms. The predicted octanol–water partition coefficient (Wildman–Crippen LogP) is 13.6. The van der Waals surface area contributed by atoms with Crippen molar-refractivity contribution in [1.29, 1.82) is 0 Å². The fourth-order valence-corrected chi connectivity index (χ4v) is 12.0. The van der Waals surface area contributed by atoms with E-state index in [2.05, 4.69) is 19.2 Å². The van der Waals surface area contributed by atoms with E-state index in [9.17, 15) is 45.6 Å². The van der Waals surface area contributed by atoms with Gasteiger partial charge in [-0.1, -0.05) is 309 Å². The summed E-state index contributed by atoms with van der Waals surface area (Å²) in [6.07, 6.45) is 45.6. The van der Waals surface area contributed by atoms with Crippen LogP contribution in [0.3, 0.4) is 0 Å². The quantitative estimate of drug-likeness (QED) is 0.0259. The summed E-state index contributed by atoms with van der Waals surface area (Å²) in [4.78, 5) is 13.3. The monoisotopic (exact) mass is 1160 g/mol. The van der Waals surface area contributed by atoms with E-state index in [1.54, 1.807) is 0 Å². The molecule has 4 unspecified atom stereocenters. The van der Waals surface area contributed by atoms with Crippen LogP contribution in [0.2, 0.25) is 0 Å². The highest BCUT2D eigenvalue weighted by Crippen LogP contribution is 2.30. The number of carbonyl (C=O) groups excluding carboxylic acids is 1. The first kappa shape index (κ1) is 76.1. The zero-order chi connectivity index (χ0) is 58.8. The maximum Gasteiger partial charge on any atom is 0.220 e. The number of ether oxygens (including phenoxy) is 4. The van der Waals surface area contributed by atoms with Gasteiger partial charge in [0.25, 0.3) is 0 Å². The molecule has 0 spiro atoms. The molecule has 1 amide bonds. The van der Waals surface area contributed by atoms with Gasteiger partial charge in [-0.05, 0) is 12.8 Å². The lowest BCUT2D eigenvalue weighted by molar-refractivity contribution is -0.359. The Bertz CT molecular complexity index is 1360. The van der Waals surface area contributed by atoms with Gasteiger partial charge in [0.1, 0.15) is 48.8 Å². The van der Waals surface area contributed by atoms with Crippen LogP contribution in [0.25, 0.3) is 0 Å². The molecule has 0 aromatic rings. The van der Waals surface area contributed by atoms with Gasteiger partial charge in [-0.25, -0.2) is 0 Å². The molecule has 2 rings (SSSR count). The summed E-state index contributed by atoms with van der Waals surface area (Å²) in [5.41, 5.74) is 0. The molecule has 0 radical (unpaired) electrons. The molecule has 2 aliphatic rings. The van der Waals surface area contributed by atoms with Gasteiger partial charge in [-0.3, -0.25) is 4.79 Å². The third-order valence-electron chi connectivity index (χ3n) is 17.6. The number of carbonyl (C=O) groups is 1. The molecule has 2 aliphatic heterocycles. The van der Waals surface area contributed by atoms with Gasteiger partial charge >= 0.3 is 0 Å². The predicted molar refractivity (Wildman–Crippen MR) is 328 cm³/mol. The molecule has 12 atom stereocenters. The molecule has 0 aromatic carbocycles. The second kappa shape index (κ2) is 53.2. The van der Waals surface area contributed by atoms with Crippen LogP contribution in [0.1, 0.15) is 328 Å². The Morgan fingerprint density at radius 2 is 0.704 bits per heavy atom. The standard InChI is InChI=1S/C67H131NO13/c1-3-5-7-9-11-13-15-17-19-20-21-22-23-24-25-26-27-28-29-30-31-32-33-34-35-37-39-41-43-45-47-49-51-59(72)68-55(56(71)50-48-46-44-42-40-38-36-18-16-14-12-10-8-6-4-2)54-78-66-64(77)62(75)65(58(53-70)80-66)81-67-63(76)61(74)60(73)57(52-69)79-67/h55-58,60-67,69-71,73-77H,3-54H2,1-2H3,(H,68,72)/t55-,56+,57+,58+,60-,61?,62?,63?,64?,65+,66+,67-/m0/s1. The smallest absolute Gasteiger partial charge is 0.220 e. The van der Waals surface area contributed by atoms with Crippen LogP contribution in [-0.4, -0.2) is 140 Å². The van der Waals surface area contributed by atoms with E-state index < -0.39 is 86.8 Å². The fourth-order valence-electron chi connectivity index (χ4n) is 12.0. The van der Waals surface area contributed by atoms with Crippen molar-refractivity contribution >= 4 is 5.91 Å². The normalized spacial score (nSPS) is 24.0. The molecule has 14 heteroatoms.